The van der Waals surface area contributed by atoms with Gasteiger partial charge in [0.2, 0.25) is 5.91 Å². The topological polar surface area (TPSA) is 85.5 Å². The van der Waals surface area contributed by atoms with Crippen molar-refractivity contribution in [1.29, 1.82) is 0 Å². The normalized spacial score (nSPS) is 37.1. The van der Waals surface area contributed by atoms with E-state index in [-0.39, 0.29) is 41.4 Å². The van der Waals surface area contributed by atoms with Crippen molar-refractivity contribution in [2.24, 2.45) is 28.9 Å². The van der Waals surface area contributed by atoms with Crippen molar-refractivity contribution in [2.75, 3.05) is 6.54 Å². The van der Waals surface area contributed by atoms with Gasteiger partial charge in [0.05, 0.1) is 21.7 Å². The molecule has 2 aromatic rings. The highest BCUT2D eigenvalue weighted by molar-refractivity contribution is 7.18. The second kappa shape index (κ2) is 6.67. The number of primary amides is 1. The van der Waals surface area contributed by atoms with E-state index in [2.05, 4.69) is 6.07 Å². The molecule has 4 saturated carbocycles. The fourth-order valence-electron chi connectivity index (χ4n) is 6.93. The number of rotatable bonds is 3. The number of hydrogen-bond acceptors (Lipinski definition) is 5. The summed E-state index contributed by atoms with van der Waals surface area (Å²) >= 11 is 1.68. The first-order chi connectivity index (χ1) is 14.5. The maximum atomic E-state index is 13.2. The van der Waals surface area contributed by atoms with E-state index in [4.69, 9.17) is 15.5 Å². The Bertz CT molecular complexity index is 971. The number of carbonyl (C=O) groups excluding carboxylic acids is 2. The molecule has 2 amide bonds. The molecule has 7 rings (SSSR count). The van der Waals surface area contributed by atoms with E-state index in [0.29, 0.717) is 5.92 Å². The van der Waals surface area contributed by atoms with Gasteiger partial charge in [0.15, 0.2) is 0 Å². The molecule has 158 valence electrons. The smallest absolute Gasteiger partial charge is 0.410 e. The van der Waals surface area contributed by atoms with E-state index in [1.165, 1.54) is 0 Å². The SMILES string of the molecule is NC(=O)C12CC3CC(C1)C(OC(=O)N1CCCC1c1nc4ccccc4s1)[C@@H](C3)C2. The third kappa shape index (κ3) is 2.77. The quantitative estimate of drug-likeness (QED) is 0.797. The van der Waals surface area contributed by atoms with Crippen LogP contribution < -0.4 is 5.73 Å². The van der Waals surface area contributed by atoms with E-state index >= 15 is 0 Å². The fraction of sp³-hybridized carbons (Fsp3) is 0.609. The van der Waals surface area contributed by atoms with E-state index in [1.807, 2.05) is 23.1 Å². The molecular weight excluding hydrogens is 398 g/mol. The lowest BCUT2D eigenvalue weighted by molar-refractivity contribution is -0.161. The van der Waals surface area contributed by atoms with Crippen molar-refractivity contribution in [3.05, 3.63) is 29.3 Å². The molecule has 30 heavy (non-hydrogen) atoms. The van der Waals surface area contributed by atoms with E-state index in [9.17, 15) is 9.59 Å². The van der Waals surface area contributed by atoms with Crippen LogP contribution in [0.5, 0.6) is 0 Å². The van der Waals surface area contributed by atoms with Crippen molar-refractivity contribution in [3.8, 4) is 0 Å². The average molecular weight is 426 g/mol. The number of benzene rings is 1. The van der Waals surface area contributed by atoms with Crippen molar-refractivity contribution < 1.29 is 14.3 Å². The Balaban J connectivity index is 1.20. The number of nitrogens with zero attached hydrogens (tertiary/aromatic N) is 2. The zero-order valence-corrected chi connectivity index (χ0v) is 17.8. The minimum absolute atomic E-state index is 0.00342. The van der Waals surface area contributed by atoms with Gasteiger partial charge in [-0.1, -0.05) is 12.1 Å². The molecule has 5 unspecified atom stereocenters. The summed E-state index contributed by atoms with van der Waals surface area (Å²) in [6.07, 6.45) is 6.25. The third-order valence-corrected chi connectivity index (χ3v) is 9.17. The predicted octanol–water partition coefficient (Wildman–Crippen LogP) is 4.25. The van der Waals surface area contributed by atoms with Crippen LogP contribution in [0.1, 0.15) is 56.0 Å². The van der Waals surface area contributed by atoms with E-state index < -0.39 is 0 Å². The molecule has 0 radical (unpaired) electrons. The lowest BCUT2D eigenvalue weighted by Gasteiger charge is -2.58. The molecule has 6 atom stereocenters. The summed E-state index contributed by atoms with van der Waals surface area (Å²) in [6.45, 7) is 0.718. The van der Waals surface area contributed by atoms with E-state index in [1.54, 1.807) is 11.3 Å². The van der Waals surface area contributed by atoms with Gasteiger partial charge in [-0.15, -0.1) is 11.3 Å². The Morgan fingerprint density at radius 1 is 1.17 bits per heavy atom. The Morgan fingerprint density at radius 3 is 2.67 bits per heavy atom. The van der Waals surface area contributed by atoms with Crippen molar-refractivity contribution in [2.45, 2.75) is 57.1 Å². The minimum Gasteiger partial charge on any atom is -0.445 e. The van der Waals surface area contributed by atoms with Crippen LogP contribution in [0.2, 0.25) is 0 Å². The molecule has 6 nitrogen and oxygen atoms in total. The van der Waals surface area contributed by atoms with Crippen LogP contribution >= 0.6 is 11.3 Å². The summed E-state index contributed by atoms with van der Waals surface area (Å²) in [5.74, 6) is 0.960. The maximum absolute atomic E-state index is 13.2. The number of nitrogens with two attached hydrogens (primary N) is 1. The van der Waals surface area contributed by atoms with Crippen molar-refractivity contribution >= 4 is 33.6 Å². The molecule has 5 fully saturated rings. The Labute approximate surface area is 179 Å². The largest absolute Gasteiger partial charge is 0.445 e. The molecule has 1 aromatic heterocycles. The van der Waals surface area contributed by atoms with Gasteiger partial charge in [-0.05, 0) is 74.8 Å². The molecule has 2 N–H and O–H groups in total. The fourth-order valence-corrected chi connectivity index (χ4v) is 8.05. The Morgan fingerprint density at radius 2 is 1.93 bits per heavy atom. The highest BCUT2D eigenvalue weighted by Gasteiger charge is 2.59. The highest BCUT2D eigenvalue weighted by atomic mass is 32.1. The van der Waals surface area contributed by atoms with Crippen LogP contribution in [0.25, 0.3) is 10.2 Å². The molecule has 0 spiro atoms. The van der Waals surface area contributed by atoms with Gasteiger partial charge in [-0.25, -0.2) is 9.78 Å². The molecule has 7 heteroatoms. The number of para-hydroxylation sites is 1. The number of amides is 2. The van der Waals surface area contributed by atoms with Gasteiger partial charge in [0.25, 0.3) is 0 Å². The summed E-state index contributed by atoms with van der Waals surface area (Å²) in [5.41, 5.74) is 6.44. The number of ether oxygens (including phenoxy) is 1. The molecule has 4 bridgehead atoms. The zero-order chi connectivity index (χ0) is 20.5. The van der Waals surface area contributed by atoms with Crippen LogP contribution in [0.3, 0.4) is 0 Å². The van der Waals surface area contributed by atoms with Gasteiger partial charge in [0, 0.05) is 6.54 Å². The number of carbonyl (C=O) groups is 2. The van der Waals surface area contributed by atoms with Crippen LogP contribution in [0.15, 0.2) is 24.3 Å². The Hall–Kier alpha value is -2.15. The Kier molecular flexibility index (Phi) is 4.14. The van der Waals surface area contributed by atoms with Crippen LogP contribution in [-0.4, -0.2) is 34.5 Å². The monoisotopic (exact) mass is 425 g/mol. The number of thiazole rings is 1. The summed E-state index contributed by atoms with van der Waals surface area (Å²) < 4.78 is 7.33. The van der Waals surface area contributed by atoms with Crippen molar-refractivity contribution in [3.63, 3.8) is 0 Å². The van der Waals surface area contributed by atoms with Crippen LogP contribution in [0.4, 0.5) is 4.79 Å². The minimum atomic E-state index is -0.351. The van der Waals surface area contributed by atoms with E-state index in [0.717, 1.165) is 66.7 Å². The maximum Gasteiger partial charge on any atom is 0.410 e. The van der Waals surface area contributed by atoms with Crippen LogP contribution in [-0.2, 0) is 9.53 Å². The molecule has 5 aliphatic rings. The summed E-state index contributed by atoms with van der Waals surface area (Å²) in [4.78, 5) is 32.1. The third-order valence-electron chi connectivity index (χ3n) is 8.03. The first-order valence-corrected chi connectivity index (χ1v) is 12.0. The summed E-state index contributed by atoms with van der Waals surface area (Å²) in [7, 11) is 0. The average Bonchev–Trinajstić information content (AvgIpc) is 3.36. The second-order valence-corrected chi connectivity index (χ2v) is 10.9. The van der Waals surface area contributed by atoms with Gasteiger partial charge in [-0.3, -0.25) is 9.69 Å². The number of likely N-dealkylation sites (tertiary alicyclic amines) is 1. The van der Waals surface area contributed by atoms with Gasteiger partial charge >= 0.3 is 6.09 Å². The predicted molar refractivity (Wildman–Crippen MR) is 114 cm³/mol. The first kappa shape index (κ1) is 18.6. The van der Waals surface area contributed by atoms with Gasteiger partial charge in [0.1, 0.15) is 11.1 Å². The summed E-state index contributed by atoms with van der Waals surface area (Å²) in [6, 6.07) is 8.13. The summed E-state index contributed by atoms with van der Waals surface area (Å²) in [5, 5.41) is 1.00. The first-order valence-electron chi connectivity index (χ1n) is 11.1. The molecule has 1 aliphatic heterocycles. The molecule has 1 saturated heterocycles. The lowest BCUT2D eigenvalue weighted by Crippen LogP contribution is -2.59. The zero-order valence-electron chi connectivity index (χ0n) is 17.0. The molecular formula is C23H27N3O3S. The lowest BCUT2D eigenvalue weighted by atomic mass is 9.48. The van der Waals surface area contributed by atoms with Crippen molar-refractivity contribution in [1.82, 2.24) is 9.88 Å². The molecule has 2 heterocycles. The molecule has 1 aromatic carbocycles. The number of aromatic nitrogens is 1. The highest BCUT2D eigenvalue weighted by Crippen LogP contribution is 2.60. The second-order valence-electron chi connectivity index (χ2n) is 9.83. The molecule has 4 aliphatic carbocycles. The van der Waals surface area contributed by atoms with Gasteiger partial charge in [-0.2, -0.15) is 0 Å². The standard InChI is InChI=1S/C23H27N3O3S/c24-21(27)23-10-13-8-14(11-23)19(15(9-13)12-23)29-22(28)26-7-3-5-17(26)20-25-16-4-1-2-6-18(16)30-20/h1-2,4,6,13-15,17,19H,3,5,7-12H2,(H2,24,27)/t13?,14-,15?,17?,19?,23?/m0/s1. The number of fused-ring (bicyclic) bond motifs is 1. The van der Waals surface area contributed by atoms with Gasteiger partial charge < -0.3 is 10.5 Å². The van der Waals surface area contributed by atoms with Crippen LogP contribution in [0, 0.1) is 23.2 Å². The number of hydrogen-bond donors (Lipinski definition) is 1.